The third-order valence-corrected chi connectivity index (χ3v) is 5.04. The Labute approximate surface area is 137 Å². The number of halogens is 1. The van der Waals surface area contributed by atoms with Gasteiger partial charge in [0.1, 0.15) is 5.75 Å². The van der Waals surface area contributed by atoms with Gasteiger partial charge in [0.25, 0.3) is 0 Å². The summed E-state index contributed by atoms with van der Waals surface area (Å²) in [6.07, 6.45) is 7.97. The van der Waals surface area contributed by atoms with Crippen molar-refractivity contribution in [3.63, 3.8) is 0 Å². The summed E-state index contributed by atoms with van der Waals surface area (Å²) < 4.78 is 7.13. The Kier molecular flexibility index (Phi) is 7.05. The summed E-state index contributed by atoms with van der Waals surface area (Å²) in [4.78, 5) is 0. The standard InChI is InChI=1S/C18H28BrNO/c1-3-11-20-14(2)17-10-9-16(12-18(17)19)21-13-15-7-5-4-6-8-15/h9-10,12,14-15,20H,3-8,11,13H2,1-2H3. The zero-order chi connectivity index (χ0) is 15.1. The summed E-state index contributed by atoms with van der Waals surface area (Å²) in [6, 6.07) is 6.76. The highest BCUT2D eigenvalue weighted by Crippen LogP contribution is 2.29. The van der Waals surface area contributed by atoms with Gasteiger partial charge in [-0.3, -0.25) is 0 Å². The van der Waals surface area contributed by atoms with E-state index in [2.05, 4.69) is 53.3 Å². The second-order valence-electron chi connectivity index (χ2n) is 6.17. The van der Waals surface area contributed by atoms with E-state index in [-0.39, 0.29) is 0 Å². The molecular formula is C18H28BrNO. The van der Waals surface area contributed by atoms with Gasteiger partial charge in [-0.1, -0.05) is 48.2 Å². The molecule has 1 unspecified atom stereocenters. The Morgan fingerprint density at radius 1 is 1.29 bits per heavy atom. The molecule has 0 radical (unpaired) electrons. The Bertz CT molecular complexity index is 429. The van der Waals surface area contributed by atoms with Crippen molar-refractivity contribution in [3.05, 3.63) is 28.2 Å². The van der Waals surface area contributed by atoms with Gasteiger partial charge in [0, 0.05) is 10.5 Å². The number of ether oxygens (including phenoxy) is 1. The van der Waals surface area contributed by atoms with E-state index in [9.17, 15) is 0 Å². The molecule has 1 aliphatic carbocycles. The fourth-order valence-electron chi connectivity index (χ4n) is 2.99. The first-order chi connectivity index (χ1) is 10.2. The molecular weight excluding hydrogens is 326 g/mol. The number of hydrogen-bond donors (Lipinski definition) is 1. The van der Waals surface area contributed by atoms with Crippen LogP contribution in [0.15, 0.2) is 22.7 Å². The lowest BCUT2D eigenvalue weighted by atomic mass is 9.90. The van der Waals surface area contributed by atoms with Crippen LogP contribution in [0.3, 0.4) is 0 Å². The zero-order valence-electron chi connectivity index (χ0n) is 13.3. The lowest BCUT2D eigenvalue weighted by Crippen LogP contribution is -2.19. The average molecular weight is 354 g/mol. The predicted molar refractivity (Wildman–Crippen MR) is 92.9 cm³/mol. The normalized spacial score (nSPS) is 17.7. The van der Waals surface area contributed by atoms with Gasteiger partial charge in [0.2, 0.25) is 0 Å². The summed E-state index contributed by atoms with van der Waals surface area (Å²) in [5.41, 5.74) is 1.30. The van der Waals surface area contributed by atoms with Crippen LogP contribution in [0.5, 0.6) is 5.75 Å². The molecule has 0 aliphatic heterocycles. The second-order valence-corrected chi connectivity index (χ2v) is 7.03. The zero-order valence-corrected chi connectivity index (χ0v) is 14.9. The molecule has 21 heavy (non-hydrogen) atoms. The molecule has 0 bridgehead atoms. The van der Waals surface area contributed by atoms with Crippen LogP contribution in [0, 0.1) is 5.92 Å². The molecule has 0 aromatic heterocycles. The first-order valence-corrected chi connectivity index (χ1v) is 9.15. The Morgan fingerprint density at radius 2 is 2.05 bits per heavy atom. The molecule has 2 nitrogen and oxygen atoms in total. The number of rotatable bonds is 7. The molecule has 1 saturated carbocycles. The number of nitrogens with one attached hydrogen (secondary N) is 1. The van der Waals surface area contributed by atoms with Gasteiger partial charge in [-0.25, -0.2) is 0 Å². The molecule has 2 rings (SSSR count). The molecule has 1 fully saturated rings. The van der Waals surface area contributed by atoms with Crippen LogP contribution in [-0.4, -0.2) is 13.2 Å². The third kappa shape index (κ3) is 5.30. The molecule has 1 atom stereocenters. The quantitative estimate of drug-likeness (QED) is 0.701. The molecule has 0 spiro atoms. The molecule has 1 N–H and O–H groups in total. The Hall–Kier alpha value is -0.540. The van der Waals surface area contributed by atoms with Crippen LogP contribution in [-0.2, 0) is 0 Å². The van der Waals surface area contributed by atoms with E-state index < -0.39 is 0 Å². The predicted octanol–water partition coefficient (Wildman–Crippen LogP) is 5.47. The first kappa shape index (κ1) is 16.8. The highest BCUT2D eigenvalue weighted by atomic mass is 79.9. The maximum absolute atomic E-state index is 5.99. The molecule has 0 heterocycles. The van der Waals surface area contributed by atoms with Gasteiger partial charge in [0.05, 0.1) is 6.61 Å². The fraction of sp³-hybridized carbons (Fsp3) is 0.667. The molecule has 1 aliphatic rings. The highest BCUT2D eigenvalue weighted by molar-refractivity contribution is 9.10. The van der Waals surface area contributed by atoms with E-state index in [1.54, 1.807) is 0 Å². The topological polar surface area (TPSA) is 21.3 Å². The van der Waals surface area contributed by atoms with E-state index in [1.807, 2.05) is 0 Å². The fourth-order valence-corrected chi connectivity index (χ4v) is 3.69. The van der Waals surface area contributed by atoms with Gasteiger partial charge in [-0.15, -0.1) is 0 Å². The summed E-state index contributed by atoms with van der Waals surface area (Å²) in [6.45, 7) is 6.32. The van der Waals surface area contributed by atoms with Crippen molar-refractivity contribution >= 4 is 15.9 Å². The van der Waals surface area contributed by atoms with Gasteiger partial charge >= 0.3 is 0 Å². The lowest BCUT2D eigenvalue weighted by Gasteiger charge is -2.22. The summed E-state index contributed by atoms with van der Waals surface area (Å²) in [5.74, 6) is 1.74. The van der Waals surface area contributed by atoms with Gasteiger partial charge in [-0.05, 0) is 56.3 Å². The van der Waals surface area contributed by atoms with Crippen LogP contribution in [0.2, 0.25) is 0 Å². The van der Waals surface area contributed by atoms with Crippen molar-refractivity contribution < 1.29 is 4.74 Å². The largest absolute Gasteiger partial charge is 0.493 e. The Morgan fingerprint density at radius 3 is 2.71 bits per heavy atom. The second kappa shape index (κ2) is 8.79. The van der Waals surface area contributed by atoms with E-state index in [4.69, 9.17) is 4.74 Å². The average Bonchev–Trinajstić information content (AvgIpc) is 2.51. The van der Waals surface area contributed by atoms with Crippen LogP contribution in [0.4, 0.5) is 0 Å². The van der Waals surface area contributed by atoms with E-state index in [0.717, 1.165) is 35.7 Å². The van der Waals surface area contributed by atoms with Crippen LogP contribution >= 0.6 is 15.9 Å². The lowest BCUT2D eigenvalue weighted by molar-refractivity contribution is 0.208. The molecule has 1 aromatic rings. The maximum atomic E-state index is 5.99. The first-order valence-electron chi connectivity index (χ1n) is 8.36. The van der Waals surface area contributed by atoms with Crippen LogP contribution < -0.4 is 10.1 Å². The van der Waals surface area contributed by atoms with Gasteiger partial charge in [-0.2, -0.15) is 0 Å². The van der Waals surface area contributed by atoms with Crippen molar-refractivity contribution in [2.45, 2.75) is 58.4 Å². The minimum atomic E-state index is 0.367. The summed E-state index contributed by atoms with van der Waals surface area (Å²) >= 11 is 3.69. The minimum absolute atomic E-state index is 0.367. The van der Waals surface area contributed by atoms with Gasteiger partial charge < -0.3 is 10.1 Å². The van der Waals surface area contributed by atoms with Gasteiger partial charge in [0.15, 0.2) is 0 Å². The monoisotopic (exact) mass is 353 g/mol. The van der Waals surface area contributed by atoms with E-state index in [1.165, 1.54) is 37.7 Å². The maximum Gasteiger partial charge on any atom is 0.120 e. The molecule has 0 amide bonds. The summed E-state index contributed by atoms with van der Waals surface area (Å²) in [7, 11) is 0. The number of hydrogen-bond acceptors (Lipinski definition) is 2. The van der Waals surface area contributed by atoms with Crippen molar-refractivity contribution in [1.82, 2.24) is 5.32 Å². The van der Waals surface area contributed by atoms with Crippen LogP contribution in [0.25, 0.3) is 0 Å². The molecule has 0 saturated heterocycles. The molecule has 118 valence electrons. The van der Waals surface area contributed by atoms with Crippen molar-refractivity contribution in [2.24, 2.45) is 5.92 Å². The SMILES string of the molecule is CCCNC(C)c1ccc(OCC2CCCCC2)cc1Br. The molecule has 3 heteroatoms. The number of benzene rings is 1. The van der Waals surface area contributed by atoms with Crippen molar-refractivity contribution in [2.75, 3.05) is 13.2 Å². The van der Waals surface area contributed by atoms with Crippen LogP contribution in [0.1, 0.15) is 64.0 Å². The molecule has 1 aromatic carbocycles. The minimum Gasteiger partial charge on any atom is -0.493 e. The smallest absolute Gasteiger partial charge is 0.120 e. The van der Waals surface area contributed by atoms with E-state index in [0.29, 0.717) is 6.04 Å². The van der Waals surface area contributed by atoms with Crippen molar-refractivity contribution in [1.29, 1.82) is 0 Å². The third-order valence-electron chi connectivity index (χ3n) is 4.35. The van der Waals surface area contributed by atoms with Crippen molar-refractivity contribution in [3.8, 4) is 5.75 Å². The summed E-state index contributed by atoms with van der Waals surface area (Å²) in [5, 5.41) is 3.52. The highest BCUT2D eigenvalue weighted by Gasteiger charge is 2.15. The van der Waals surface area contributed by atoms with E-state index >= 15 is 0 Å². The Balaban J connectivity index is 1.88.